The number of hydrazine groups is 2. The van der Waals surface area contributed by atoms with Gasteiger partial charge in [0.2, 0.25) is 5.91 Å². The zero-order chi connectivity index (χ0) is 14.5. The molecule has 0 bridgehead atoms. The molecule has 7 heteroatoms. The minimum atomic E-state index is -0.250. The van der Waals surface area contributed by atoms with E-state index < -0.39 is 0 Å². The number of aromatic nitrogens is 1. The van der Waals surface area contributed by atoms with Gasteiger partial charge in [-0.15, -0.1) is 0 Å². The molecule has 110 valence electrons. The summed E-state index contributed by atoms with van der Waals surface area (Å²) >= 11 is 1.64. The van der Waals surface area contributed by atoms with Crippen LogP contribution in [0.15, 0.2) is 41.4 Å². The Morgan fingerprint density at radius 3 is 2.95 bits per heavy atom. The third kappa shape index (κ3) is 3.64. The van der Waals surface area contributed by atoms with Gasteiger partial charge in [0.1, 0.15) is 6.04 Å². The number of rotatable bonds is 5. The van der Waals surface area contributed by atoms with Gasteiger partial charge in [-0.1, -0.05) is 6.07 Å². The summed E-state index contributed by atoms with van der Waals surface area (Å²) in [6.45, 7) is 1.74. The number of thiophene rings is 1. The Bertz CT molecular complexity index is 568. The largest absolute Gasteiger partial charge is 0.333 e. The predicted octanol–water partition coefficient (Wildman–Crippen LogP) is 0.653. The van der Waals surface area contributed by atoms with Crippen molar-refractivity contribution in [1.29, 1.82) is 0 Å². The Labute approximate surface area is 127 Å². The Hall–Kier alpha value is -1.80. The molecule has 1 aliphatic rings. The maximum absolute atomic E-state index is 12.6. The Morgan fingerprint density at radius 1 is 1.38 bits per heavy atom. The number of amides is 1. The van der Waals surface area contributed by atoms with Gasteiger partial charge >= 0.3 is 0 Å². The molecule has 1 atom stereocenters. The number of carbonyl (C=O) groups excluding carboxylic acids is 1. The number of nitrogens with one attached hydrogen (secondary N) is 3. The van der Waals surface area contributed by atoms with E-state index >= 15 is 0 Å². The van der Waals surface area contributed by atoms with Gasteiger partial charge in [-0.05, 0) is 34.0 Å². The maximum Gasteiger partial charge on any atom is 0.243 e. The average Bonchev–Trinajstić information content (AvgIpc) is 3.20. The van der Waals surface area contributed by atoms with Crippen molar-refractivity contribution < 1.29 is 4.79 Å². The molecular weight excluding hydrogens is 286 g/mol. The van der Waals surface area contributed by atoms with Crippen LogP contribution in [0.3, 0.4) is 0 Å². The van der Waals surface area contributed by atoms with Crippen LogP contribution in [0.25, 0.3) is 0 Å². The molecule has 0 saturated carbocycles. The standard InChI is InChI=1S/C14H17N5OS/c20-14(13-7-16-18-17-13)19(9-12-3-5-21-10-12)8-11-2-1-4-15-6-11/h1-6,10,13,16-18H,7-9H2. The summed E-state index contributed by atoms with van der Waals surface area (Å²) in [4.78, 5) is 18.6. The third-order valence-electron chi connectivity index (χ3n) is 3.30. The van der Waals surface area contributed by atoms with Crippen LogP contribution in [-0.2, 0) is 17.9 Å². The zero-order valence-corrected chi connectivity index (χ0v) is 12.3. The van der Waals surface area contributed by atoms with E-state index in [1.807, 2.05) is 28.5 Å². The van der Waals surface area contributed by atoms with Crippen molar-refractivity contribution in [1.82, 2.24) is 26.3 Å². The number of nitrogens with zero attached hydrogens (tertiary/aromatic N) is 2. The fourth-order valence-corrected chi connectivity index (χ4v) is 2.90. The van der Waals surface area contributed by atoms with Crippen LogP contribution in [0.1, 0.15) is 11.1 Å². The maximum atomic E-state index is 12.6. The average molecular weight is 303 g/mol. The highest BCUT2D eigenvalue weighted by Crippen LogP contribution is 2.13. The van der Waals surface area contributed by atoms with Gasteiger partial charge in [0, 0.05) is 32.0 Å². The van der Waals surface area contributed by atoms with E-state index in [9.17, 15) is 4.79 Å². The molecule has 0 aromatic carbocycles. The Balaban J connectivity index is 1.74. The van der Waals surface area contributed by atoms with E-state index in [0.29, 0.717) is 19.6 Å². The summed E-state index contributed by atoms with van der Waals surface area (Å²) < 4.78 is 0. The second-order valence-corrected chi connectivity index (χ2v) is 5.67. The van der Waals surface area contributed by atoms with Crippen LogP contribution in [-0.4, -0.2) is 28.4 Å². The van der Waals surface area contributed by atoms with Crippen LogP contribution < -0.4 is 16.4 Å². The summed E-state index contributed by atoms with van der Waals surface area (Å²) in [7, 11) is 0. The summed E-state index contributed by atoms with van der Waals surface area (Å²) in [6.07, 6.45) is 3.54. The van der Waals surface area contributed by atoms with Gasteiger partial charge in [-0.3, -0.25) is 9.78 Å². The first-order valence-corrected chi connectivity index (χ1v) is 7.69. The Kier molecular flexibility index (Phi) is 4.56. The van der Waals surface area contributed by atoms with Crippen LogP contribution >= 0.6 is 11.3 Å². The molecule has 1 amide bonds. The van der Waals surface area contributed by atoms with Crippen molar-refractivity contribution in [3.05, 3.63) is 52.5 Å². The zero-order valence-electron chi connectivity index (χ0n) is 11.5. The van der Waals surface area contributed by atoms with Crippen LogP contribution in [0.5, 0.6) is 0 Å². The van der Waals surface area contributed by atoms with Crippen molar-refractivity contribution >= 4 is 17.2 Å². The van der Waals surface area contributed by atoms with Crippen LogP contribution in [0.4, 0.5) is 0 Å². The SMILES string of the molecule is O=C(C1CNNN1)N(Cc1cccnc1)Cc1ccsc1. The molecule has 0 aliphatic carbocycles. The van der Waals surface area contributed by atoms with E-state index in [2.05, 4.69) is 26.8 Å². The van der Waals surface area contributed by atoms with E-state index in [1.54, 1.807) is 23.7 Å². The van der Waals surface area contributed by atoms with Crippen molar-refractivity contribution in [2.45, 2.75) is 19.1 Å². The molecule has 1 unspecified atom stereocenters. The quantitative estimate of drug-likeness (QED) is 0.757. The summed E-state index contributed by atoms with van der Waals surface area (Å²) in [6, 6.07) is 5.67. The topological polar surface area (TPSA) is 69.3 Å². The van der Waals surface area contributed by atoms with Crippen LogP contribution in [0.2, 0.25) is 0 Å². The van der Waals surface area contributed by atoms with E-state index in [-0.39, 0.29) is 11.9 Å². The van der Waals surface area contributed by atoms with Gasteiger partial charge in [-0.25, -0.2) is 10.9 Å². The van der Waals surface area contributed by atoms with E-state index in [0.717, 1.165) is 11.1 Å². The number of hydrogen-bond donors (Lipinski definition) is 3. The molecule has 0 spiro atoms. The molecule has 3 heterocycles. The van der Waals surface area contributed by atoms with Crippen molar-refractivity contribution in [3.63, 3.8) is 0 Å². The summed E-state index contributed by atoms with van der Waals surface area (Å²) in [5, 5.41) is 4.10. The van der Waals surface area contributed by atoms with Gasteiger partial charge in [-0.2, -0.15) is 16.9 Å². The van der Waals surface area contributed by atoms with Gasteiger partial charge < -0.3 is 4.90 Å². The molecule has 3 rings (SSSR count). The highest BCUT2D eigenvalue weighted by molar-refractivity contribution is 7.07. The third-order valence-corrected chi connectivity index (χ3v) is 4.03. The van der Waals surface area contributed by atoms with E-state index in [1.165, 1.54) is 0 Å². The predicted molar refractivity (Wildman–Crippen MR) is 80.9 cm³/mol. The smallest absolute Gasteiger partial charge is 0.243 e. The van der Waals surface area contributed by atoms with Crippen molar-refractivity contribution in [3.8, 4) is 0 Å². The lowest BCUT2D eigenvalue weighted by atomic mass is 10.2. The first-order chi connectivity index (χ1) is 10.3. The highest BCUT2D eigenvalue weighted by Gasteiger charge is 2.27. The molecule has 1 aliphatic heterocycles. The highest BCUT2D eigenvalue weighted by atomic mass is 32.1. The van der Waals surface area contributed by atoms with Crippen molar-refractivity contribution in [2.75, 3.05) is 6.54 Å². The fraction of sp³-hybridized carbons (Fsp3) is 0.286. The van der Waals surface area contributed by atoms with Gasteiger partial charge in [0.25, 0.3) is 0 Å². The number of carbonyl (C=O) groups is 1. The lowest BCUT2D eigenvalue weighted by Gasteiger charge is -2.25. The second kappa shape index (κ2) is 6.77. The molecule has 0 radical (unpaired) electrons. The number of hydrogen-bond acceptors (Lipinski definition) is 6. The number of pyridine rings is 1. The summed E-state index contributed by atoms with van der Waals surface area (Å²) in [5.41, 5.74) is 10.8. The second-order valence-electron chi connectivity index (χ2n) is 4.89. The van der Waals surface area contributed by atoms with Gasteiger partial charge in [0.15, 0.2) is 0 Å². The summed E-state index contributed by atoms with van der Waals surface area (Å²) in [5.74, 6) is 0.0718. The minimum Gasteiger partial charge on any atom is -0.333 e. The normalized spacial score (nSPS) is 17.8. The molecule has 21 heavy (non-hydrogen) atoms. The van der Waals surface area contributed by atoms with E-state index in [4.69, 9.17) is 0 Å². The monoisotopic (exact) mass is 303 g/mol. The molecule has 1 saturated heterocycles. The van der Waals surface area contributed by atoms with Crippen molar-refractivity contribution in [2.24, 2.45) is 0 Å². The molecule has 3 N–H and O–H groups in total. The molecule has 1 fully saturated rings. The van der Waals surface area contributed by atoms with Crippen LogP contribution in [0, 0.1) is 0 Å². The Morgan fingerprint density at radius 2 is 2.29 bits per heavy atom. The molecule has 2 aromatic heterocycles. The molecule has 6 nitrogen and oxygen atoms in total. The van der Waals surface area contributed by atoms with Gasteiger partial charge in [0.05, 0.1) is 0 Å². The lowest BCUT2D eigenvalue weighted by Crippen LogP contribution is -2.46. The molecular formula is C14H17N5OS. The lowest BCUT2D eigenvalue weighted by molar-refractivity contribution is -0.134. The molecule has 2 aromatic rings. The first-order valence-electron chi connectivity index (χ1n) is 6.75. The minimum absolute atomic E-state index is 0.0718. The fourth-order valence-electron chi connectivity index (χ4n) is 2.24. The first kappa shape index (κ1) is 14.2.